The van der Waals surface area contributed by atoms with Crippen molar-refractivity contribution in [2.75, 3.05) is 17.7 Å². The molecule has 1 aliphatic rings. The summed E-state index contributed by atoms with van der Waals surface area (Å²) >= 11 is 0. The van der Waals surface area contributed by atoms with Crippen LogP contribution >= 0.6 is 0 Å². The fraction of sp³-hybridized carbons (Fsp3) is 0.714. The van der Waals surface area contributed by atoms with Gasteiger partial charge in [-0.1, -0.05) is 34.1 Å². The molecule has 2 N–H and O–H groups in total. The van der Waals surface area contributed by atoms with Crippen LogP contribution in [-0.4, -0.2) is 23.1 Å². The molecule has 0 aliphatic heterocycles. The highest BCUT2D eigenvalue weighted by molar-refractivity contribution is 5.49. The summed E-state index contributed by atoms with van der Waals surface area (Å²) in [5, 5.41) is 6.62. The van der Waals surface area contributed by atoms with Crippen molar-refractivity contribution in [2.24, 2.45) is 5.92 Å². The van der Waals surface area contributed by atoms with E-state index in [1.165, 1.54) is 12.8 Å². The zero-order valence-electron chi connectivity index (χ0n) is 12.0. The summed E-state index contributed by atoms with van der Waals surface area (Å²) in [5.41, 5.74) is -0.0308. The van der Waals surface area contributed by atoms with Gasteiger partial charge in [0, 0.05) is 24.6 Å². The predicted molar refractivity (Wildman–Crippen MR) is 76.1 cm³/mol. The highest BCUT2D eigenvalue weighted by Crippen LogP contribution is 2.36. The van der Waals surface area contributed by atoms with E-state index in [0.717, 1.165) is 23.4 Å². The lowest BCUT2D eigenvalue weighted by Gasteiger charge is -2.19. The fourth-order valence-corrected chi connectivity index (χ4v) is 2.05. The largest absolute Gasteiger partial charge is 0.373 e. The minimum Gasteiger partial charge on any atom is -0.373 e. The topological polar surface area (TPSA) is 49.8 Å². The van der Waals surface area contributed by atoms with E-state index >= 15 is 0 Å². The first-order valence-corrected chi connectivity index (χ1v) is 6.78. The maximum absolute atomic E-state index is 4.64. The summed E-state index contributed by atoms with van der Waals surface area (Å²) in [7, 11) is 1.89. The molecule has 0 radical (unpaired) electrons. The second kappa shape index (κ2) is 4.75. The lowest BCUT2D eigenvalue weighted by atomic mass is 9.96. The van der Waals surface area contributed by atoms with Crippen LogP contribution < -0.4 is 10.6 Å². The second-order valence-electron chi connectivity index (χ2n) is 6.12. The van der Waals surface area contributed by atoms with Gasteiger partial charge >= 0.3 is 0 Å². The second-order valence-corrected chi connectivity index (χ2v) is 6.12. The van der Waals surface area contributed by atoms with Crippen LogP contribution in [0.5, 0.6) is 0 Å². The lowest BCUT2D eigenvalue weighted by molar-refractivity contribution is 0.546. The minimum atomic E-state index is -0.0308. The third-order valence-corrected chi connectivity index (χ3v) is 3.43. The van der Waals surface area contributed by atoms with Gasteiger partial charge in [0.2, 0.25) is 0 Å². The molecule has 1 aromatic rings. The Morgan fingerprint density at radius 2 is 1.94 bits per heavy atom. The average molecular weight is 248 g/mol. The standard InChI is InChI=1S/C14H24N4/c1-6-9-7-10(9)16-12-8-11(15-5)17-13(18-12)14(2,3)4/h8-10H,6-7H2,1-5H3,(H2,15,16,17,18). The molecule has 18 heavy (non-hydrogen) atoms. The first-order chi connectivity index (χ1) is 8.44. The maximum atomic E-state index is 4.64. The van der Waals surface area contributed by atoms with Crippen molar-refractivity contribution in [2.45, 2.75) is 52.0 Å². The van der Waals surface area contributed by atoms with Crippen LogP contribution in [0.4, 0.5) is 11.6 Å². The smallest absolute Gasteiger partial charge is 0.138 e. The van der Waals surface area contributed by atoms with E-state index in [1.807, 2.05) is 13.1 Å². The Hall–Kier alpha value is -1.32. The van der Waals surface area contributed by atoms with Crippen molar-refractivity contribution in [3.05, 3.63) is 11.9 Å². The van der Waals surface area contributed by atoms with Gasteiger partial charge in [-0.3, -0.25) is 0 Å². The lowest BCUT2D eigenvalue weighted by Crippen LogP contribution is -2.18. The van der Waals surface area contributed by atoms with Crippen molar-refractivity contribution in [1.29, 1.82) is 0 Å². The predicted octanol–water partition coefficient (Wildman–Crippen LogP) is 3.03. The van der Waals surface area contributed by atoms with Crippen molar-refractivity contribution in [3.63, 3.8) is 0 Å². The molecule has 0 bridgehead atoms. The van der Waals surface area contributed by atoms with E-state index in [-0.39, 0.29) is 5.41 Å². The quantitative estimate of drug-likeness (QED) is 0.860. The third kappa shape index (κ3) is 2.92. The van der Waals surface area contributed by atoms with Crippen LogP contribution in [0, 0.1) is 5.92 Å². The molecule has 1 aromatic heterocycles. The summed E-state index contributed by atoms with van der Waals surface area (Å²) in [5.74, 6) is 3.52. The summed E-state index contributed by atoms with van der Waals surface area (Å²) in [6, 6.07) is 2.59. The zero-order valence-corrected chi connectivity index (χ0v) is 12.0. The number of nitrogens with zero attached hydrogens (tertiary/aromatic N) is 2. The van der Waals surface area contributed by atoms with Gasteiger partial charge in [0.15, 0.2) is 0 Å². The molecule has 0 aromatic carbocycles. The van der Waals surface area contributed by atoms with Gasteiger partial charge in [-0.05, 0) is 12.3 Å². The normalized spacial score (nSPS) is 22.7. The molecular formula is C14H24N4. The molecule has 1 aliphatic carbocycles. The van der Waals surface area contributed by atoms with E-state index in [4.69, 9.17) is 0 Å². The molecule has 100 valence electrons. The van der Waals surface area contributed by atoms with E-state index < -0.39 is 0 Å². The number of hydrogen-bond acceptors (Lipinski definition) is 4. The molecule has 1 fully saturated rings. The van der Waals surface area contributed by atoms with Crippen molar-refractivity contribution >= 4 is 11.6 Å². The monoisotopic (exact) mass is 248 g/mol. The summed E-state index contributed by atoms with van der Waals surface area (Å²) < 4.78 is 0. The number of nitrogens with one attached hydrogen (secondary N) is 2. The van der Waals surface area contributed by atoms with Crippen molar-refractivity contribution in [3.8, 4) is 0 Å². The maximum Gasteiger partial charge on any atom is 0.138 e. The van der Waals surface area contributed by atoms with Gasteiger partial charge in [0.1, 0.15) is 17.5 Å². The molecule has 1 saturated carbocycles. The van der Waals surface area contributed by atoms with Crippen molar-refractivity contribution < 1.29 is 0 Å². The molecule has 1 heterocycles. The Balaban J connectivity index is 2.19. The summed E-state index contributed by atoms with van der Waals surface area (Å²) in [4.78, 5) is 9.17. The molecule has 0 spiro atoms. The zero-order chi connectivity index (χ0) is 13.3. The molecule has 0 amide bonds. The SMILES string of the molecule is CCC1CC1Nc1cc(NC)nc(C(C)(C)C)n1. The van der Waals surface area contributed by atoms with Crippen LogP contribution in [0.1, 0.15) is 46.4 Å². The van der Waals surface area contributed by atoms with E-state index in [9.17, 15) is 0 Å². The fourth-order valence-electron chi connectivity index (χ4n) is 2.05. The van der Waals surface area contributed by atoms with Gasteiger partial charge in [0.25, 0.3) is 0 Å². The molecule has 2 atom stereocenters. The third-order valence-electron chi connectivity index (χ3n) is 3.43. The van der Waals surface area contributed by atoms with E-state index in [1.54, 1.807) is 0 Å². The first-order valence-electron chi connectivity index (χ1n) is 6.78. The molecule has 2 rings (SSSR count). The van der Waals surface area contributed by atoms with Gasteiger partial charge in [-0.15, -0.1) is 0 Å². The van der Waals surface area contributed by atoms with Gasteiger partial charge < -0.3 is 10.6 Å². The van der Waals surface area contributed by atoms with Crippen LogP contribution in [0.25, 0.3) is 0 Å². The van der Waals surface area contributed by atoms with Crippen LogP contribution in [0.2, 0.25) is 0 Å². The minimum absolute atomic E-state index is 0.0308. The Kier molecular flexibility index (Phi) is 3.46. The summed E-state index contributed by atoms with van der Waals surface area (Å²) in [6.45, 7) is 8.65. The molecular weight excluding hydrogens is 224 g/mol. The first kappa shape index (κ1) is 13.1. The van der Waals surface area contributed by atoms with Gasteiger partial charge in [-0.25, -0.2) is 9.97 Å². The highest BCUT2D eigenvalue weighted by atomic mass is 15.1. The molecule has 0 saturated heterocycles. The van der Waals surface area contributed by atoms with Gasteiger partial charge in [0.05, 0.1) is 0 Å². The Morgan fingerprint density at radius 3 is 2.44 bits per heavy atom. The van der Waals surface area contributed by atoms with E-state index in [2.05, 4.69) is 48.3 Å². The molecule has 4 nitrogen and oxygen atoms in total. The Morgan fingerprint density at radius 1 is 1.28 bits per heavy atom. The number of hydrogen-bond donors (Lipinski definition) is 2. The van der Waals surface area contributed by atoms with Crippen molar-refractivity contribution in [1.82, 2.24) is 9.97 Å². The highest BCUT2D eigenvalue weighted by Gasteiger charge is 2.35. The van der Waals surface area contributed by atoms with E-state index in [0.29, 0.717) is 6.04 Å². The van der Waals surface area contributed by atoms with Gasteiger partial charge in [-0.2, -0.15) is 0 Å². The van der Waals surface area contributed by atoms with Crippen LogP contribution in [0.3, 0.4) is 0 Å². The number of rotatable bonds is 4. The number of anilines is 2. The Bertz CT molecular complexity index is 422. The molecule has 2 unspecified atom stereocenters. The average Bonchev–Trinajstić information content (AvgIpc) is 3.06. The molecule has 4 heteroatoms. The van der Waals surface area contributed by atoms with Crippen LogP contribution in [-0.2, 0) is 5.41 Å². The number of aromatic nitrogens is 2. The van der Waals surface area contributed by atoms with Crippen LogP contribution in [0.15, 0.2) is 6.07 Å². The Labute approximate surface area is 110 Å². The summed E-state index contributed by atoms with van der Waals surface area (Å²) in [6.07, 6.45) is 2.51.